The van der Waals surface area contributed by atoms with Gasteiger partial charge in [-0.3, -0.25) is 4.99 Å². The molecule has 0 spiro atoms. The monoisotopic (exact) mass is 261 g/mol. The van der Waals surface area contributed by atoms with Gasteiger partial charge in [0, 0.05) is 19.6 Å². The lowest BCUT2D eigenvalue weighted by Crippen LogP contribution is -2.37. The third-order valence-electron chi connectivity index (χ3n) is 2.90. The van der Waals surface area contributed by atoms with Crippen LogP contribution in [0.5, 0.6) is 0 Å². The van der Waals surface area contributed by atoms with Gasteiger partial charge in [-0.25, -0.2) is 0 Å². The predicted octanol–water partition coefficient (Wildman–Crippen LogP) is 2.97. The van der Waals surface area contributed by atoms with Crippen LogP contribution in [-0.4, -0.2) is 25.6 Å². The van der Waals surface area contributed by atoms with E-state index in [0.717, 1.165) is 38.4 Å². The standard InChI is InChI=1S/C16H27N3/c1-3-5-13-18-16(17-4-2)19-14-9-12-15-10-7-6-8-11-15/h6-8,10-11H,3-5,9,12-14H2,1-2H3,(H2,17,18,19). The minimum atomic E-state index is 0.871. The largest absolute Gasteiger partial charge is 0.357 e. The van der Waals surface area contributed by atoms with Crippen molar-refractivity contribution in [3.63, 3.8) is 0 Å². The summed E-state index contributed by atoms with van der Waals surface area (Å²) in [6.07, 6.45) is 4.59. The first kappa shape index (κ1) is 15.5. The van der Waals surface area contributed by atoms with Gasteiger partial charge in [-0.05, 0) is 31.7 Å². The van der Waals surface area contributed by atoms with Crippen LogP contribution in [0.2, 0.25) is 0 Å². The van der Waals surface area contributed by atoms with E-state index < -0.39 is 0 Å². The molecule has 0 aliphatic rings. The van der Waals surface area contributed by atoms with Crippen molar-refractivity contribution >= 4 is 5.96 Å². The van der Waals surface area contributed by atoms with E-state index in [4.69, 9.17) is 0 Å². The minimum absolute atomic E-state index is 0.871. The van der Waals surface area contributed by atoms with Gasteiger partial charge >= 0.3 is 0 Å². The van der Waals surface area contributed by atoms with Crippen LogP contribution >= 0.6 is 0 Å². The van der Waals surface area contributed by atoms with E-state index in [0.29, 0.717) is 0 Å². The lowest BCUT2D eigenvalue weighted by molar-refractivity contribution is 0.725. The fraction of sp³-hybridized carbons (Fsp3) is 0.562. The Morgan fingerprint density at radius 3 is 2.53 bits per heavy atom. The number of aliphatic imine (C=N–C) groups is 1. The van der Waals surface area contributed by atoms with Gasteiger partial charge in [0.2, 0.25) is 0 Å². The van der Waals surface area contributed by atoms with Crippen molar-refractivity contribution in [2.45, 2.75) is 39.5 Å². The average Bonchev–Trinajstić information content (AvgIpc) is 2.45. The quantitative estimate of drug-likeness (QED) is 0.429. The zero-order valence-corrected chi connectivity index (χ0v) is 12.3. The number of rotatable bonds is 8. The van der Waals surface area contributed by atoms with E-state index in [1.165, 1.54) is 18.4 Å². The number of hydrogen-bond acceptors (Lipinski definition) is 1. The minimum Gasteiger partial charge on any atom is -0.357 e. The molecule has 0 saturated carbocycles. The SMILES string of the molecule is CCCCNC(=NCCCc1ccccc1)NCC. The molecule has 1 aromatic carbocycles. The van der Waals surface area contributed by atoms with Crippen LogP contribution in [0.15, 0.2) is 35.3 Å². The number of aryl methyl sites for hydroxylation is 1. The van der Waals surface area contributed by atoms with E-state index in [-0.39, 0.29) is 0 Å². The Kier molecular flexibility index (Phi) is 8.52. The summed E-state index contributed by atoms with van der Waals surface area (Å²) in [6.45, 7) is 7.08. The number of hydrogen-bond donors (Lipinski definition) is 2. The third-order valence-corrected chi connectivity index (χ3v) is 2.90. The number of nitrogens with zero attached hydrogens (tertiary/aromatic N) is 1. The molecule has 1 rings (SSSR count). The molecule has 0 heterocycles. The van der Waals surface area contributed by atoms with Crippen LogP contribution in [-0.2, 0) is 6.42 Å². The van der Waals surface area contributed by atoms with Crippen molar-refractivity contribution in [3.8, 4) is 0 Å². The maximum Gasteiger partial charge on any atom is 0.191 e. The van der Waals surface area contributed by atoms with Crippen molar-refractivity contribution in [1.82, 2.24) is 10.6 Å². The summed E-state index contributed by atoms with van der Waals surface area (Å²) in [5.41, 5.74) is 1.39. The summed E-state index contributed by atoms with van der Waals surface area (Å²) in [6, 6.07) is 10.6. The first-order chi connectivity index (χ1) is 9.36. The number of nitrogens with one attached hydrogen (secondary N) is 2. The number of guanidine groups is 1. The molecule has 0 fully saturated rings. The molecule has 1 aromatic rings. The van der Waals surface area contributed by atoms with Crippen molar-refractivity contribution in [2.24, 2.45) is 4.99 Å². The van der Waals surface area contributed by atoms with E-state index in [9.17, 15) is 0 Å². The Morgan fingerprint density at radius 1 is 1.05 bits per heavy atom. The zero-order chi connectivity index (χ0) is 13.8. The van der Waals surface area contributed by atoms with Crippen LogP contribution in [0.25, 0.3) is 0 Å². The normalized spacial score (nSPS) is 11.4. The van der Waals surface area contributed by atoms with Crippen molar-refractivity contribution in [1.29, 1.82) is 0 Å². The van der Waals surface area contributed by atoms with Gasteiger partial charge in [0.1, 0.15) is 0 Å². The fourth-order valence-corrected chi connectivity index (χ4v) is 1.84. The second-order valence-electron chi connectivity index (χ2n) is 4.63. The second-order valence-corrected chi connectivity index (χ2v) is 4.63. The summed E-state index contributed by atoms with van der Waals surface area (Å²) in [4.78, 5) is 4.59. The predicted molar refractivity (Wildman–Crippen MR) is 83.7 cm³/mol. The van der Waals surface area contributed by atoms with Crippen molar-refractivity contribution in [3.05, 3.63) is 35.9 Å². The molecular weight excluding hydrogens is 234 g/mol. The fourth-order valence-electron chi connectivity index (χ4n) is 1.84. The van der Waals surface area contributed by atoms with E-state index in [2.05, 4.69) is 59.8 Å². The van der Waals surface area contributed by atoms with E-state index >= 15 is 0 Å². The highest BCUT2D eigenvalue weighted by molar-refractivity contribution is 5.79. The number of unbranched alkanes of at least 4 members (excludes halogenated alkanes) is 1. The van der Waals surface area contributed by atoms with Crippen molar-refractivity contribution < 1.29 is 0 Å². The van der Waals surface area contributed by atoms with Gasteiger partial charge < -0.3 is 10.6 Å². The highest BCUT2D eigenvalue weighted by Gasteiger charge is 1.96. The molecule has 0 atom stereocenters. The lowest BCUT2D eigenvalue weighted by Gasteiger charge is -2.10. The van der Waals surface area contributed by atoms with Crippen LogP contribution in [0.1, 0.15) is 38.7 Å². The van der Waals surface area contributed by atoms with Crippen molar-refractivity contribution in [2.75, 3.05) is 19.6 Å². The molecule has 0 aliphatic carbocycles. The first-order valence-corrected chi connectivity index (χ1v) is 7.43. The molecule has 106 valence electrons. The molecule has 0 aromatic heterocycles. The van der Waals surface area contributed by atoms with E-state index in [1.807, 2.05) is 0 Å². The summed E-state index contributed by atoms with van der Waals surface area (Å²) in [7, 11) is 0. The Morgan fingerprint density at radius 2 is 1.84 bits per heavy atom. The Hall–Kier alpha value is -1.51. The average molecular weight is 261 g/mol. The maximum absolute atomic E-state index is 4.59. The molecule has 2 N–H and O–H groups in total. The topological polar surface area (TPSA) is 36.4 Å². The lowest BCUT2D eigenvalue weighted by atomic mass is 10.1. The molecule has 19 heavy (non-hydrogen) atoms. The molecule has 3 nitrogen and oxygen atoms in total. The highest BCUT2D eigenvalue weighted by Crippen LogP contribution is 2.02. The van der Waals surface area contributed by atoms with Gasteiger partial charge in [-0.1, -0.05) is 43.7 Å². The first-order valence-electron chi connectivity index (χ1n) is 7.43. The molecule has 3 heteroatoms. The molecule has 0 amide bonds. The second kappa shape index (κ2) is 10.4. The smallest absolute Gasteiger partial charge is 0.191 e. The molecular formula is C16H27N3. The highest BCUT2D eigenvalue weighted by atomic mass is 15.2. The third kappa shape index (κ3) is 7.50. The van der Waals surface area contributed by atoms with Crippen LogP contribution in [0.4, 0.5) is 0 Å². The van der Waals surface area contributed by atoms with Gasteiger partial charge in [0.15, 0.2) is 5.96 Å². The van der Waals surface area contributed by atoms with E-state index in [1.54, 1.807) is 0 Å². The summed E-state index contributed by atoms with van der Waals surface area (Å²) < 4.78 is 0. The summed E-state index contributed by atoms with van der Waals surface area (Å²) in [5.74, 6) is 0.948. The molecule has 0 unspecified atom stereocenters. The molecule has 0 saturated heterocycles. The Bertz CT molecular complexity index is 346. The Labute approximate surface area is 117 Å². The van der Waals surface area contributed by atoms with Crippen LogP contribution in [0.3, 0.4) is 0 Å². The van der Waals surface area contributed by atoms with Gasteiger partial charge in [0.25, 0.3) is 0 Å². The van der Waals surface area contributed by atoms with Gasteiger partial charge in [0.05, 0.1) is 0 Å². The molecule has 0 aliphatic heterocycles. The molecule has 0 bridgehead atoms. The van der Waals surface area contributed by atoms with Gasteiger partial charge in [-0.2, -0.15) is 0 Å². The zero-order valence-electron chi connectivity index (χ0n) is 12.3. The molecule has 0 radical (unpaired) electrons. The summed E-state index contributed by atoms with van der Waals surface area (Å²) in [5, 5.41) is 6.64. The maximum atomic E-state index is 4.59. The summed E-state index contributed by atoms with van der Waals surface area (Å²) >= 11 is 0. The van der Waals surface area contributed by atoms with Gasteiger partial charge in [-0.15, -0.1) is 0 Å². The van der Waals surface area contributed by atoms with Crippen LogP contribution < -0.4 is 10.6 Å². The van der Waals surface area contributed by atoms with Crippen LogP contribution in [0, 0.1) is 0 Å². The number of benzene rings is 1. The Balaban J connectivity index is 2.26.